The van der Waals surface area contributed by atoms with E-state index in [1.54, 1.807) is 0 Å². The normalized spacial score (nSPS) is 29.4. The molecule has 4 heteroatoms. The molecular weight excluding hydrogens is 266 g/mol. The average molecular weight is 289 g/mol. The third kappa shape index (κ3) is 2.36. The molecule has 2 heterocycles. The number of esters is 1. The molecule has 3 atom stereocenters. The van der Waals surface area contributed by atoms with Crippen molar-refractivity contribution in [1.29, 1.82) is 0 Å². The molecule has 1 aromatic carbocycles. The van der Waals surface area contributed by atoms with E-state index in [9.17, 15) is 4.79 Å². The van der Waals surface area contributed by atoms with E-state index in [2.05, 4.69) is 29.2 Å². The molecule has 0 spiro atoms. The van der Waals surface area contributed by atoms with Gasteiger partial charge < -0.3 is 9.47 Å². The fourth-order valence-electron chi connectivity index (χ4n) is 3.75. The summed E-state index contributed by atoms with van der Waals surface area (Å²) in [5.41, 5.74) is 0.733. The third-order valence-corrected chi connectivity index (χ3v) is 4.91. The highest BCUT2D eigenvalue weighted by atomic mass is 16.5. The summed E-state index contributed by atoms with van der Waals surface area (Å²) in [6.45, 7) is 4.65. The van der Waals surface area contributed by atoms with Gasteiger partial charge in [-0.3, -0.25) is 9.69 Å². The molecule has 2 fully saturated rings. The second-order valence-corrected chi connectivity index (χ2v) is 6.47. The van der Waals surface area contributed by atoms with Crippen LogP contribution in [0.3, 0.4) is 0 Å². The summed E-state index contributed by atoms with van der Waals surface area (Å²) < 4.78 is 11.0. The Morgan fingerprint density at radius 1 is 1.29 bits per heavy atom. The second kappa shape index (κ2) is 5.43. The van der Waals surface area contributed by atoms with Gasteiger partial charge in [-0.05, 0) is 32.3 Å². The molecular formula is C17H23NO3. The summed E-state index contributed by atoms with van der Waals surface area (Å²) in [5.74, 6) is -0.146. The maximum atomic E-state index is 12.2. The number of carbonyl (C=O) groups excluding carboxylic acids is 1. The Kier molecular flexibility index (Phi) is 3.76. The molecule has 0 aliphatic carbocycles. The number of methoxy groups -OCH3 is 1. The van der Waals surface area contributed by atoms with Gasteiger partial charge in [0.05, 0.1) is 25.2 Å². The van der Waals surface area contributed by atoms with E-state index in [-0.39, 0.29) is 24.3 Å². The zero-order valence-corrected chi connectivity index (χ0v) is 12.9. The van der Waals surface area contributed by atoms with Crippen molar-refractivity contribution in [2.75, 3.05) is 13.7 Å². The molecule has 3 unspecified atom stereocenters. The molecule has 0 N–H and O–H groups in total. The van der Waals surface area contributed by atoms with Crippen molar-refractivity contribution in [3.05, 3.63) is 35.9 Å². The van der Waals surface area contributed by atoms with Gasteiger partial charge in [0.2, 0.25) is 0 Å². The van der Waals surface area contributed by atoms with Gasteiger partial charge in [-0.15, -0.1) is 0 Å². The molecule has 0 amide bonds. The first-order chi connectivity index (χ1) is 10.1. The number of benzene rings is 1. The molecule has 21 heavy (non-hydrogen) atoms. The van der Waals surface area contributed by atoms with Crippen LogP contribution in [-0.4, -0.2) is 36.9 Å². The van der Waals surface area contributed by atoms with Crippen molar-refractivity contribution in [3.8, 4) is 0 Å². The minimum absolute atomic E-state index is 0.129. The van der Waals surface area contributed by atoms with Gasteiger partial charge >= 0.3 is 5.97 Å². The van der Waals surface area contributed by atoms with Gasteiger partial charge in [0.1, 0.15) is 6.23 Å². The van der Waals surface area contributed by atoms with Crippen molar-refractivity contribution < 1.29 is 14.3 Å². The van der Waals surface area contributed by atoms with E-state index in [1.807, 2.05) is 19.9 Å². The summed E-state index contributed by atoms with van der Waals surface area (Å²) >= 11 is 0. The van der Waals surface area contributed by atoms with E-state index in [0.29, 0.717) is 6.61 Å². The SMILES string of the molecule is COC(=O)C(C)(C)C1CCC2OCC(c3ccccc3)N21. The molecule has 0 bridgehead atoms. The Morgan fingerprint density at radius 3 is 2.67 bits per heavy atom. The average Bonchev–Trinajstić information content (AvgIpc) is 3.08. The van der Waals surface area contributed by atoms with Crippen LogP contribution in [0.4, 0.5) is 0 Å². The lowest BCUT2D eigenvalue weighted by Gasteiger charge is -2.37. The van der Waals surface area contributed by atoms with Crippen LogP contribution in [0.2, 0.25) is 0 Å². The van der Waals surface area contributed by atoms with Crippen LogP contribution in [0, 0.1) is 5.41 Å². The Balaban J connectivity index is 1.89. The number of nitrogens with zero attached hydrogens (tertiary/aromatic N) is 1. The highest BCUT2D eigenvalue weighted by Gasteiger charge is 2.52. The number of ether oxygens (including phenoxy) is 2. The topological polar surface area (TPSA) is 38.8 Å². The minimum atomic E-state index is -0.524. The summed E-state index contributed by atoms with van der Waals surface area (Å²) in [6, 6.07) is 10.8. The summed E-state index contributed by atoms with van der Waals surface area (Å²) in [4.78, 5) is 14.5. The highest BCUT2D eigenvalue weighted by molar-refractivity contribution is 5.76. The predicted octanol–water partition coefficient (Wildman–Crippen LogP) is 2.75. The Morgan fingerprint density at radius 2 is 2.00 bits per heavy atom. The van der Waals surface area contributed by atoms with E-state index in [1.165, 1.54) is 12.7 Å². The van der Waals surface area contributed by atoms with Gasteiger partial charge in [-0.25, -0.2) is 0 Å². The smallest absolute Gasteiger partial charge is 0.312 e. The predicted molar refractivity (Wildman–Crippen MR) is 79.6 cm³/mol. The van der Waals surface area contributed by atoms with Gasteiger partial charge in [-0.1, -0.05) is 30.3 Å². The number of hydrogen-bond donors (Lipinski definition) is 0. The van der Waals surface area contributed by atoms with Crippen molar-refractivity contribution in [2.24, 2.45) is 5.41 Å². The summed E-state index contributed by atoms with van der Waals surface area (Å²) in [7, 11) is 1.46. The monoisotopic (exact) mass is 289 g/mol. The fourth-order valence-corrected chi connectivity index (χ4v) is 3.75. The molecule has 114 valence electrons. The first-order valence-electron chi connectivity index (χ1n) is 7.58. The van der Waals surface area contributed by atoms with Crippen molar-refractivity contribution in [2.45, 2.75) is 45.0 Å². The Labute approximate surface area is 126 Å². The van der Waals surface area contributed by atoms with Crippen molar-refractivity contribution in [1.82, 2.24) is 4.90 Å². The standard InChI is InChI=1S/C17H23NO3/c1-17(2,16(19)20-3)14-9-10-15-18(14)13(11-21-15)12-7-5-4-6-8-12/h4-8,13-15H,9-11H2,1-3H3. The van der Waals surface area contributed by atoms with E-state index >= 15 is 0 Å². The van der Waals surface area contributed by atoms with Crippen LogP contribution < -0.4 is 0 Å². The minimum Gasteiger partial charge on any atom is -0.469 e. The van der Waals surface area contributed by atoms with Gasteiger partial charge in [0.15, 0.2) is 0 Å². The lowest BCUT2D eigenvalue weighted by molar-refractivity contribution is -0.155. The van der Waals surface area contributed by atoms with E-state index in [4.69, 9.17) is 9.47 Å². The largest absolute Gasteiger partial charge is 0.469 e. The quantitative estimate of drug-likeness (QED) is 0.802. The van der Waals surface area contributed by atoms with Gasteiger partial charge in [-0.2, -0.15) is 0 Å². The van der Waals surface area contributed by atoms with Crippen LogP contribution in [0.25, 0.3) is 0 Å². The molecule has 4 nitrogen and oxygen atoms in total. The lowest BCUT2D eigenvalue weighted by atomic mass is 9.82. The maximum absolute atomic E-state index is 12.2. The van der Waals surface area contributed by atoms with Gasteiger partial charge in [0.25, 0.3) is 0 Å². The molecule has 2 aliphatic rings. The zero-order valence-electron chi connectivity index (χ0n) is 12.9. The molecule has 2 saturated heterocycles. The third-order valence-electron chi connectivity index (χ3n) is 4.91. The summed E-state index contributed by atoms with van der Waals surface area (Å²) in [5, 5.41) is 0. The molecule has 0 radical (unpaired) electrons. The second-order valence-electron chi connectivity index (χ2n) is 6.47. The molecule has 0 aromatic heterocycles. The molecule has 2 aliphatic heterocycles. The maximum Gasteiger partial charge on any atom is 0.312 e. The van der Waals surface area contributed by atoms with Gasteiger partial charge in [0, 0.05) is 6.04 Å². The van der Waals surface area contributed by atoms with E-state index in [0.717, 1.165) is 12.8 Å². The number of fused-ring (bicyclic) bond motifs is 1. The zero-order chi connectivity index (χ0) is 15.0. The highest BCUT2D eigenvalue weighted by Crippen LogP contribution is 2.46. The molecule has 0 saturated carbocycles. The summed E-state index contributed by atoms with van der Waals surface area (Å²) in [6.07, 6.45) is 2.08. The van der Waals surface area contributed by atoms with Crippen LogP contribution in [0.5, 0.6) is 0 Å². The lowest BCUT2D eigenvalue weighted by Crippen LogP contribution is -2.47. The number of hydrogen-bond acceptors (Lipinski definition) is 4. The number of carbonyl (C=O) groups is 1. The van der Waals surface area contributed by atoms with Crippen LogP contribution in [-0.2, 0) is 14.3 Å². The number of rotatable bonds is 3. The van der Waals surface area contributed by atoms with Crippen LogP contribution >= 0.6 is 0 Å². The molecule has 1 aromatic rings. The first kappa shape index (κ1) is 14.5. The van der Waals surface area contributed by atoms with Crippen molar-refractivity contribution in [3.63, 3.8) is 0 Å². The first-order valence-corrected chi connectivity index (χ1v) is 7.58. The Bertz CT molecular complexity index is 514. The fraction of sp³-hybridized carbons (Fsp3) is 0.588. The molecule has 3 rings (SSSR count). The van der Waals surface area contributed by atoms with Crippen LogP contribution in [0.1, 0.15) is 38.3 Å². The van der Waals surface area contributed by atoms with Crippen LogP contribution in [0.15, 0.2) is 30.3 Å². The van der Waals surface area contributed by atoms with Crippen molar-refractivity contribution >= 4 is 5.97 Å². The Hall–Kier alpha value is -1.39. The van der Waals surface area contributed by atoms with E-state index < -0.39 is 5.41 Å².